The number of H-pyrrole nitrogens is 1. The van der Waals surface area contributed by atoms with Crippen molar-refractivity contribution in [2.75, 3.05) is 0 Å². The zero-order valence-corrected chi connectivity index (χ0v) is 19.2. The molecule has 3 heterocycles. The van der Waals surface area contributed by atoms with Gasteiger partial charge in [-0.25, -0.2) is 0 Å². The fraction of sp³-hybridized carbons (Fsp3) is 0.593. The Bertz CT molecular complexity index is 1240. The summed E-state index contributed by atoms with van der Waals surface area (Å²) in [5.74, 6) is -0.420. The molecule has 2 aliphatic heterocycles. The zero-order chi connectivity index (χ0) is 22.3. The van der Waals surface area contributed by atoms with Gasteiger partial charge in [0.05, 0.1) is 11.7 Å². The minimum Gasteiger partial charge on any atom is -0.389 e. The van der Waals surface area contributed by atoms with E-state index in [1.54, 1.807) is 0 Å². The summed E-state index contributed by atoms with van der Waals surface area (Å²) in [6, 6.07) is 8.55. The van der Waals surface area contributed by atoms with Gasteiger partial charge in [-0.05, 0) is 61.8 Å². The number of ether oxygens (including phenoxy) is 2. The molecule has 2 bridgehead atoms. The molecule has 3 unspecified atom stereocenters. The molecule has 1 spiro atoms. The Morgan fingerprint density at radius 3 is 2.72 bits per heavy atom. The highest BCUT2D eigenvalue weighted by Crippen LogP contribution is 2.69. The summed E-state index contributed by atoms with van der Waals surface area (Å²) in [5.41, 5.74) is 4.79. The monoisotopic (exact) mass is 433 g/mol. The molecule has 1 aromatic carbocycles. The highest BCUT2D eigenvalue weighted by Gasteiger charge is 2.69. The molecule has 7 rings (SSSR count). The van der Waals surface area contributed by atoms with Gasteiger partial charge in [-0.15, -0.1) is 0 Å². The molecule has 2 N–H and O–H groups in total. The summed E-state index contributed by atoms with van der Waals surface area (Å²) < 4.78 is 12.9. The first-order valence-corrected chi connectivity index (χ1v) is 12.0. The molecule has 5 aliphatic rings. The smallest absolute Gasteiger partial charge is 0.193 e. The third-order valence-electron chi connectivity index (χ3n) is 9.93. The lowest BCUT2D eigenvalue weighted by atomic mass is 9.46. The number of carbonyl (C=O) groups is 1. The number of fused-ring (bicyclic) bond motifs is 8. The Kier molecular flexibility index (Phi) is 3.40. The van der Waals surface area contributed by atoms with Crippen LogP contribution >= 0.6 is 0 Å². The molecular weight excluding hydrogens is 402 g/mol. The lowest BCUT2D eigenvalue weighted by Gasteiger charge is -2.59. The van der Waals surface area contributed by atoms with Gasteiger partial charge in [0, 0.05) is 40.3 Å². The van der Waals surface area contributed by atoms with E-state index in [0.29, 0.717) is 18.8 Å². The average Bonchev–Trinajstić information content (AvgIpc) is 3.31. The van der Waals surface area contributed by atoms with Crippen molar-refractivity contribution in [3.63, 3.8) is 0 Å². The molecule has 0 radical (unpaired) electrons. The predicted octanol–water partition coefficient (Wildman–Crippen LogP) is 4.32. The van der Waals surface area contributed by atoms with Crippen LogP contribution in [0.1, 0.15) is 64.6 Å². The summed E-state index contributed by atoms with van der Waals surface area (Å²) in [6.45, 7) is 8.61. The third kappa shape index (κ3) is 1.97. The number of aromatic nitrogens is 1. The van der Waals surface area contributed by atoms with Gasteiger partial charge in [0.15, 0.2) is 11.6 Å². The normalized spacial score (nSPS) is 43.8. The van der Waals surface area contributed by atoms with E-state index in [2.05, 4.69) is 43.1 Å². The fourth-order valence-corrected chi connectivity index (χ4v) is 8.32. The van der Waals surface area contributed by atoms with Gasteiger partial charge in [0.1, 0.15) is 6.10 Å². The van der Waals surface area contributed by atoms with E-state index in [0.717, 1.165) is 30.4 Å². The molecule has 168 valence electrons. The number of aliphatic hydroxyl groups is 1. The van der Waals surface area contributed by atoms with Crippen LogP contribution in [0, 0.1) is 11.3 Å². The van der Waals surface area contributed by atoms with Crippen molar-refractivity contribution < 1.29 is 19.4 Å². The van der Waals surface area contributed by atoms with Crippen LogP contribution in [-0.2, 0) is 26.1 Å². The van der Waals surface area contributed by atoms with E-state index in [4.69, 9.17) is 9.47 Å². The lowest BCUT2D eigenvalue weighted by Crippen LogP contribution is -2.59. The molecule has 5 heteroatoms. The van der Waals surface area contributed by atoms with Gasteiger partial charge in [-0.2, -0.15) is 0 Å². The van der Waals surface area contributed by atoms with E-state index < -0.39 is 23.6 Å². The van der Waals surface area contributed by atoms with Gasteiger partial charge in [-0.3, -0.25) is 4.79 Å². The third-order valence-corrected chi connectivity index (χ3v) is 9.93. The Hall–Kier alpha value is -1.95. The molecule has 5 nitrogen and oxygen atoms in total. The highest BCUT2D eigenvalue weighted by molar-refractivity contribution is 5.89. The SMILES string of the molecule is CC1(C)OC23CCC4(C)C(=C2CC(=O)C1O3)[C@@H](O)C[C@H]1Cc2c([nH]c3ccccc23)[C@@]14C. The molecule has 6 atom stereocenters. The maximum atomic E-state index is 13.1. The van der Waals surface area contributed by atoms with Gasteiger partial charge < -0.3 is 19.6 Å². The van der Waals surface area contributed by atoms with Crippen molar-refractivity contribution in [2.24, 2.45) is 11.3 Å². The summed E-state index contributed by atoms with van der Waals surface area (Å²) in [6.07, 6.45) is 2.52. The standard InChI is InChI=1S/C27H31NO4/c1-24(2)23-20(30)13-17-21-19(29)12-14-11-16-15-7-5-6-8-18(15)28-22(16)26(14,4)25(21,3)9-10-27(17,31-23)32-24/h5-8,14,19,23,28-29H,9-13H2,1-4H3/t14-,19+,23?,25?,26-,27?/m1/s1. The number of aliphatic hydroxyl groups excluding tert-OH is 1. The minimum atomic E-state index is -0.858. The van der Waals surface area contributed by atoms with E-state index >= 15 is 0 Å². The number of carbonyl (C=O) groups excluding carboxylic acids is 1. The molecule has 3 aliphatic carbocycles. The van der Waals surface area contributed by atoms with Crippen LogP contribution in [-0.4, -0.2) is 39.5 Å². The number of ketones is 1. The van der Waals surface area contributed by atoms with Crippen molar-refractivity contribution in [1.82, 2.24) is 4.98 Å². The van der Waals surface area contributed by atoms with Gasteiger partial charge >= 0.3 is 0 Å². The summed E-state index contributed by atoms with van der Waals surface area (Å²) in [5, 5.41) is 12.9. The van der Waals surface area contributed by atoms with Crippen molar-refractivity contribution in [2.45, 2.75) is 88.8 Å². The summed E-state index contributed by atoms with van der Waals surface area (Å²) in [7, 11) is 0. The number of Topliss-reactive ketones (excluding diaryl/α,β-unsaturated/α-hetero) is 1. The number of hydrogen-bond donors (Lipinski definition) is 2. The molecule has 2 aromatic rings. The molecule has 1 aromatic heterocycles. The maximum Gasteiger partial charge on any atom is 0.193 e. The quantitative estimate of drug-likeness (QED) is 0.607. The lowest BCUT2D eigenvalue weighted by molar-refractivity contribution is -0.189. The Labute approximate surface area is 188 Å². The van der Waals surface area contributed by atoms with Crippen molar-refractivity contribution in [3.8, 4) is 0 Å². The number of benzene rings is 1. The number of nitrogens with one attached hydrogen (secondary N) is 1. The largest absolute Gasteiger partial charge is 0.389 e. The first-order valence-electron chi connectivity index (χ1n) is 12.0. The van der Waals surface area contributed by atoms with Crippen LogP contribution in [0.25, 0.3) is 10.9 Å². The van der Waals surface area contributed by atoms with Crippen molar-refractivity contribution in [1.29, 1.82) is 0 Å². The Balaban J connectivity index is 1.47. The molecule has 3 fully saturated rings. The van der Waals surface area contributed by atoms with Crippen LogP contribution in [0.4, 0.5) is 0 Å². The zero-order valence-electron chi connectivity index (χ0n) is 19.2. The van der Waals surface area contributed by atoms with E-state index in [1.165, 1.54) is 22.2 Å². The van der Waals surface area contributed by atoms with E-state index in [9.17, 15) is 9.90 Å². The molecule has 1 saturated carbocycles. The second-order valence-electron chi connectivity index (χ2n) is 11.7. The first-order chi connectivity index (χ1) is 15.1. The molecular formula is C27H31NO4. The van der Waals surface area contributed by atoms with Crippen LogP contribution in [0.15, 0.2) is 35.4 Å². The average molecular weight is 434 g/mol. The van der Waals surface area contributed by atoms with Gasteiger partial charge in [0.2, 0.25) is 0 Å². The van der Waals surface area contributed by atoms with Crippen LogP contribution in [0.2, 0.25) is 0 Å². The van der Waals surface area contributed by atoms with Gasteiger partial charge in [0.25, 0.3) is 0 Å². The number of para-hydroxylation sites is 1. The van der Waals surface area contributed by atoms with Crippen molar-refractivity contribution >= 4 is 16.7 Å². The Morgan fingerprint density at radius 1 is 1.12 bits per heavy atom. The summed E-state index contributed by atoms with van der Waals surface area (Å²) >= 11 is 0. The van der Waals surface area contributed by atoms with Crippen molar-refractivity contribution in [3.05, 3.63) is 46.7 Å². The molecule has 2 saturated heterocycles. The second-order valence-corrected chi connectivity index (χ2v) is 11.7. The van der Waals surface area contributed by atoms with Gasteiger partial charge in [-0.1, -0.05) is 32.0 Å². The number of hydrogen-bond acceptors (Lipinski definition) is 4. The van der Waals surface area contributed by atoms with Crippen LogP contribution < -0.4 is 0 Å². The molecule has 32 heavy (non-hydrogen) atoms. The molecule has 0 amide bonds. The highest BCUT2D eigenvalue weighted by atomic mass is 16.8. The number of rotatable bonds is 0. The number of aromatic amines is 1. The second kappa shape index (κ2) is 5.57. The topological polar surface area (TPSA) is 71.6 Å². The Morgan fingerprint density at radius 2 is 1.91 bits per heavy atom. The minimum absolute atomic E-state index is 0.0760. The van der Waals surface area contributed by atoms with Crippen LogP contribution in [0.5, 0.6) is 0 Å². The maximum absolute atomic E-state index is 13.1. The summed E-state index contributed by atoms with van der Waals surface area (Å²) in [4.78, 5) is 16.9. The first kappa shape index (κ1) is 19.5. The fourth-order valence-electron chi connectivity index (χ4n) is 8.32. The predicted molar refractivity (Wildman–Crippen MR) is 120 cm³/mol. The van der Waals surface area contributed by atoms with Crippen LogP contribution in [0.3, 0.4) is 0 Å². The van der Waals surface area contributed by atoms with E-state index in [1.807, 2.05) is 13.8 Å². The van der Waals surface area contributed by atoms with E-state index in [-0.39, 0.29) is 16.6 Å².